The Balaban J connectivity index is 1.24. The summed E-state index contributed by atoms with van der Waals surface area (Å²) in [5.74, 6) is 2.00. The second-order valence-electron chi connectivity index (χ2n) is 10.8. The number of allylic oxidation sites excluding steroid dienone is 1. The molecular weight excluding hydrogens is 518 g/mol. The van der Waals surface area contributed by atoms with E-state index in [0.717, 1.165) is 65.1 Å². The Labute approximate surface area is 237 Å². The van der Waals surface area contributed by atoms with E-state index in [2.05, 4.69) is 32.7 Å². The Hall–Kier alpha value is -3.62. The third-order valence-corrected chi connectivity index (χ3v) is 9.33. The van der Waals surface area contributed by atoms with Crippen LogP contribution in [0.1, 0.15) is 60.2 Å². The van der Waals surface area contributed by atoms with Gasteiger partial charge < -0.3 is 18.9 Å². The normalized spacial score (nSPS) is 18.1. The van der Waals surface area contributed by atoms with Gasteiger partial charge >= 0.3 is 0 Å². The van der Waals surface area contributed by atoms with Crippen molar-refractivity contribution in [1.82, 2.24) is 24.4 Å². The molecule has 40 heavy (non-hydrogen) atoms. The number of nitrogens with zero attached hydrogens (tertiary/aromatic N) is 4. The fraction of sp³-hybridized carbons (Fsp3) is 0.344. The van der Waals surface area contributed by atoms with Crippen LogP contribution in [0.2, 0.25) is 0 Å². The molecule has 0 amide bonds. The summed E-state index contributed by atoms with van der Waals surface area (Å²) in [6, 6.07) is 18.1. The van der Waals surface area contributed by atoms with Crippen LogP contribution in [0.5, 0.6) is 0 Å². The average molecular weight is 552 g/mol. The minimum absolute atomic E-state index is 0.146. The summed E-state index contributed by atoms with van der Waals surface area (Å²) in [7, 11) is 0. The van der Waals surface area contributed by atoms with Gasteiger partial charge in [0, 0.05) is 17.9 Å². The first-order valence-corrected chi connectivity index (χ1v) is 15.2. The number of benzene rings is 2. The number of piperidine rings is 1. The lowest BCUT2D eigenvalue weighted by molar-refractivity contribution is 0.223. The minimum atomic E-state index is -0.146. The number of aromatic nitrogens is 4. The molecule has 1 N–H and O–H groups in total. The maximum Gasteiger partial charge on any atom is 0.270 e. The van der Waals surface area contributed by atoms with Crippen LogP contribution >= 0.6 is 11.8 Å². The fourth-order valence-electron chi connectivity index (χ4n) is 5.96. The Bertz CT molecular complexity index is 1720. The first-order chi connectivity index (χ1) is 19.7. The number of thioether (sulfide) groups is 1. The number of likely N-dealkylation sites (tertiary alicyclic amines) is 1. The van der Waals surface area contributed by atoms with E-state index in [1.165, 1.54) is 37.3 Å². The number of hydrogen-bond acceptors (Lipinski definition) is 6. The zero-order valence-corrected chi connectivity index (χ0v) is 23.3. The zero-order chi connectivity index (χ0) is 26.9. The van der Waals surface area contributed by atoms with Crippen LogP contribution in [-0.4, -0.2) is 44.1 Å². The summed E-state index contributed by atoms with van der Waals surface area (Å²) in [4.78, 5) is 29.7. The van der Waals surface area contributed by atoms with E-state index in [0.29, 0.717) is 12.1 Å². The predicted octanol–water partition coefficient (Wildman–Crippen LogP) is 6.55. The summed E-state index contributed by atoms with van der Waals surface area (Å²) in [6.45, 7) is 4.39. The van der Waals surface area contributed by atoms with Crippen LogP contribution in [0.15, 0.2) is 76.1 Å². The van der Waals surface area contributed by atoms with Crippen LogP contribution in [-0.2, 0) is 13.0 Å². The van der Waals surface area contributed by atoms with Gasteiger partial charge in [0.05, 0.1) is 33.6 Å². The third kappa shape index (κ3) is 5.13. The van der Waals surface area contributed by atoms with Gasteiger partial charge in [0.2, 0.25) is 0 Å². The molecule has 0 saturated carbocycles. The van der Waals surface area contributed by atoms with Crippen molar-refractivity contribution < 1.29 is 4.42 Å². The summed E-state index contributed by atoms with van der Waals surface area (Å²) in [6.07, 6.45) is 10.5. The van der Waals surface area contributed by atoms with E-state index in [1.807, 2.05) is 54.2 Å². The van der Waals surface area contributed by atoms with Crippen molar-refractivity contribution in [3.63, 3.8) is 0 Å². The standard InChI is InChI=1S/C32H33N5O2S/c38-32-26(19-22-9-3-1-4-10-22)33-24-21-27-25(20-23(24)35-32)34-31(30-13-12-29(40-30)28-11-7-18-39-28)37(27)17-8-16-36-14-5-2-6-15-36/h1,3-4,7,9-11,13,18,20-21,29H,2,5-6,8,12,14-17,19H2,(H,35,38). The Morgan fingerprint density at radius 3 is 2.67 bits per heavy atom. The van der Waals surface area contributed by atoms with E-state index in [9.17, 15) is 4.79 Å². The number of nitrogens with one attached hydrogen (secondary N) is 1. The number of hydrogen-bond donors (Lipinski definition) is 1. The number of furan rings is 1. The van der Waals surface area contributed by atoms with Gasteiger partial charge in [0.25, 0.3) is 5.56 Å². The molecule has 7 nitrogen and oxygen atoms in total. The molecule has 2 aromatic carbocycles. The summed E-state index contributed by atoms with van der Waals surface area (Å²) in [5.41, 5.74) is 4.92. The highest BCUT2D eigenvalue weighted by atomic mass is 32.2. The van der Waals surface area contributed by atoms with Gasteiger partial charge in [-0.05, 0) is 75.1 Å². The number of aromatic amines is 1. The van der Waals surface area contributed by atoms with Crippen LogP contribution in [0, 0.1) is 0 Å². The first-order valence-electron chi connectivity index (χ1n) is 14.3. The molecule has 8 heteroatoms. The monoisotopic (exact) mass is 551 g/mol. The molecule has 1 unspecified atom stereocenters. The predicted molar refractivity (Wildman–Crippen MR) is 161 cm³/mol. The molecule has 3 aromatic heterocycles. The first kappa shape index (κ1) is 25.4. The molecule has 1 atom stereocenters. The second-order valence-corrected chi connectivity index (χ2v) is 12.0. The molecule has 5 aromatic rings. The fourth-order valence-corrected chi connectivity index (χ4v) is 7.16. The second kappa shape index (κ2) is 11.1. The summed E-state index contributed by atoms with van der Waals surface area (Å²) < 4.78 is 8.08. The average Bonchev–Trinajstić information content (AvgIpc) is 3.74. The van der Waals surface area contributed by atoms with Gasteiger partial charge in [-0.25, -0.2) is 9.97 Å². The molecule has 204 valence electrons. The lowest BCUT2D eigenvalue weighted by Crippen LogP contribution is -2.31. The van der Waals surface area contributed by atoms with Crippen molar-refractivity contribution in [3.8, 4) is 0 Å². The molecule has 1 fully saturated rings. The maximum absolute atomic E-state index is 12.9. The van der Waals surface area contributed by atoms with Gasteiger partial charge in [-0.3, -0.25) is 4.79 Å². The number of H-pyrrole nitrogens is 1. The van der Waals surface area contributed by atoms with Gasteiger partial charge in [0.15, 0.2) is 0 Å². The maximum atomic E-state index is 12.9. The smallest absolute Gasteiger partial charge is 0.270 e. The van der Waals surface area contributed by atoms with Crippen molar-refractivity contribution in [1.29, 1.82) is 0 Å². The molecule has 0 spiro atoms. The van der Waals surface area contributed by atoms with Crippen LogP contribution in [0.3, 0.4) is 0 Å². The van der Waals surface area contributed by atoms with Crippen LogP contribution in [0.25, 0.3) is 27.0 Å². The van der Waals surface area contributed by atoms with Gasteiger partial charge in [-0.2, -0.15) is 0 Å². The van der Waals surface area contributed by atoms with Crippen molar-refractivity contribution >= 4 is 38.7 Å². The van der Waals surface area contributed by atoms with Crippen LogP contribution < -0.4 is 5.56 Å². The highest BCUT2D eigenvalue weighted by molar-refractivity contribution is 8.08. The van der Waals surface area contributed by atoms with Gasteiger partial charge in [0.1, 0.15) is 17.3 Å². The largest absolute Gasteiger partial charge is 0.468 e. The molecule has 2 aliphatic rings. The van der Waals surface area contributed by atoms with Gasteiger partial charge in [-0.15, -0.1) is 11.8 Å². The van der Waals surface area contributed by atoms with E-state index in [1.54, 1.807) is 6.26 Å². The van der Waals surface area contributed by atoms with Crippen LogP contribution in [0.4, 0.5) is 0 Å². The van der Waals surface area contributed by atoms with Crippen molar-refractivity contribution in [2.75, 3.05) is 19.6 Å². The number of fused-ring (bicyclic) bond motifs is 2. The lowest BCUT2D eigenvalue weighted by Gasteiger charge is -2.26. The number of rotatable bonds is 8. The van der Waals surface area contributed by atoms with E-state index in [-0.39, 0.29) is 10.8 Å². The molecule has 0 aliphatic carbocycles. The van der Waals surface area contributed by atoms with Crippen molar-refractivity contribution in [2.24, 2.45) is 0 Å². The highest BCUT2D eigenvalue weighted by Crippen LogP contribution is 2.48. The Morgan fingerprint density at radius 2 is 1.85 bits per heavy atom. The number of aryl methyl sites for hydroxylation is 1. The number of imidazole rings is 1. The Morgan fingerprint density at radius 1 is 0.975 bits per heavy atom. The van der Waals surface area contributed by atoms with E-state index >= 15 is 0 Å². The highest BCUT2D eigenvalue weighted by Gasteiger charge is 2.27. The molecule has 7 rings (SSSR count). The third-order valence-electron chi connectivity index (χ3n) is 8.02. The summed E-state index contributed by atoms with van der Waals surface area (Å²) in [5, 5.41) is 0.268. The molecule has 0 bridgehead atoms. The molecular formula is C32H33N5O2S. The van der Waals surface area contributed by atoms with Crippen molar-refractivity contribution in [3.05, 3.63) is 100 Å². The molecule has 5 heterocycles. The van der Waals surface area contributed by atoms with E-state index < -0.39 is 0 Å². The van der Waals surface area contributed by atoms with Crippen molar-refractivity contribution in [2.45, 2.75) is 50.3 Å². The minimum Gasteiger partial charge on any atom is -0.468 e. The molecule has 2 aliphatic heterocycles. The van der Waals surface area contributed by atoms with E-state index in [4.69, 9.17) is 14.4 Å². The quantitative estimate of drug-likeness (QED) is 0.236. The SMILES string of the molecule is O=c1[nH]c2cc3nc(C4=CCC(c5ccco5)S4)n(CCCN4CCCCC4)c3cc2nc1Cc1ccccc1. The zero-order valence-electron chi connectivity index (χ0n) is 22.5. The molecule has 0 radical (unpaired) electrons. The molecule has 1 saturated heterocycles. The van der Waals surface area contributed by atoms with Gasteiger partial charge in [-0.1, -0.05) is 42.8 Å². The lowest BCUT2D eigenvalue weighted by atomic mass is 10.1. The topological polar surface area (TPSA) is 80.0 Å². The summed E-state index contributed by atoms with van der Waals surface area (Å²) >= 11 is 1.82. The Kier molecular flexibility index (Phi) is 7.04.